The van der Waals surface area contributed by atoms with Crippen LogP contribution in [0.5, 0.6) is 5.75 Å². The third-order valence-electron chi connectivity index (χ3n) is 4.48. The van der Waals surface area contributed by atoms with E-state index in [9.17, 15) is 4.79 Å². The van der Waals surface area contributed by atoms with E-state index in [4.69, 9.17) is 9.15 Å². The van der Waals surface area contributed by atoms with Gasteiger partial charge in [0.1, 0.15) is 11.5 Å². The highest BCUT2D eigenvalue weighted by molar-refractivity contribution is 5.95. The molecule has 5 nitrogen and oxygen atoms in total. The van der Waals surface area contributed by atoms with E-state index in [0.717, 1.165) is 28.1 Å². The fourth-order valence-electron chi connectivity index (χ4n) is 3.00. The Morgan fingerprint density at radius 1 is 1.12 bits per heavy atom. The van der Waals surface area contributed by atoms with Gasteiger partial charge in [0.2, 0.25) is 0 Å². The molecule has 1 aromatic heterocycles. The van der Waals surface area contributed by atoms with Gasteiger partial charge in [-0.2, -0.15) is 0 Å². The zero-order valence-corrected chi connectivity index (χ0v) is 14.5. The Balaban J connectivity index is 1.41. The summed E-state index contributed by atoms with van der Waals surface area (Å²) in [6, 6.07) is 18.2. The van der Waals surface area contributed by atoms with Crippen LogP contribution in [-0.2, 0) is 11.3 Å². The monoisotopic (exact) mass is 348 g/mol. The van der Waals surface area contributed by atoms with Gasteiger partial charge in [0, 0.05) is 11.6 Å². The molecule has 26 heavy (non-hydrogen) atoms. The minimum atomic E-state index is -0.126. The second kappa shape index (κ2) is 7.06. The van der Waals surface area contributed by atoms with Crippen molar-refractivity contribution < 1.29 is 13.9 Å². The van der Waals surface area contributed by atoms with E-state index in [2.05, 4.69) is 35.8 Å². The predicted molar refractivity (Wildman–Crippen MR) is 100.0 cm³/mol. The Kier molecular flexibility index (Phi) is 4.46. The molecule has 1 amide bonds. The molecule has 0 saturated heterocycles. The molecule has 5 heteroatoms. The first-order valence-corrected chi connectivity index (χ1v) is 8.62. The number of furan rings is 1. The highest BCUT2D eigenvalue weighted by Gasteiger charge is 2.17. The molecule has 0 aliphatic carbocycles. The van der Waals surface area contributed by atoms with Crippen molar-refractivity contribution in [2.45, 2.75) is 19.5 Å². The van der Waals surface area contributed by atoms with Gasteiger partial charge in [-0.3, -0.25) is 4.79 Å². The van der Waals surface area contributed by atoms with Crippen molar-refractivity contribution in [1.29, 1.82) is 0 Å². The average molecular weight is 348 g/mol. The third-order valence-corrected chi connectivity index (χ3v) is 4.48. The van der Waals surface area contributed by atoms with Crippen molar-refractivity contribution in [3.63, 3.8) is 0 Å². The summed E-state index contributed by atoms with van der Waals surface area (Å²) in [5, 5.41) is 6.29. The molecule has 1 aliphatic rings. The van der Waals surface area contributed by atoms with Gasteiger partial charge < -0.3 is 19.8 Å². The zero-order chi connectivity index (χ0) is 17.9. The summed E-state index contributed by atoms with van der Waals surface area (Å²) in [5.74, 6) is 1.46. The largest absolute Gasteiger partial charge is 0.482 e. The minimum Gasteiger partial charge on any atom is -0.482 e. The summed E-state index contributed by atoms with van der Waals surface area (Å²) in [5.41, 5.74) is 4.01. The molecule has 0 fully saturated rings. The molecule has 0 saturated carbocycles. The second-order valence-electron chi connectivity index (χ2n) is 6.36. The number of nitrogens with one attached hydrogen (secondary N) is 2. The van der Waals surface area contributed by atoms with E-state index in [1.165, 1.54) is 0 Å². The fourth-order valence-corrected chi connectivity index (χ4v) is 3.00. The van der Waals surface area contributed by atoms with Crippen LogP contribution in [0, 0.1) is 0 Å². The summed E-state index contributed by atoms with van der Waals surface area (Å²) in [6.45, 7) is 2.77. The van der Waals surface area contributed by atoms with Crippen LogP contribution in [0.3, 0.4) is 0 Å². The molecule has 1 aliphatic heterocycles. The number of anilines is 1. The number of benzene rings is 2. The highest BCUT2D eigenvalue weighted by Crippen LogP contribution is 2.30. The van der Waals surface area contributed by atoms with E-state index < -0.39 is 0 Å². The van der Waals surface area contributed by atoms with E-state index in [-0.39, 0.29) is 18.6 Å². The SMILES string of the molecule is CC(NCc1cc(-c2ccccc2)co1)c1ccc2c(c1)NC(=O)CO2. The molecule has 132 valence electrons. The van der Waals surface area contributed by atoms with Gasteiger partial charge >= 0.3 is 0 Å². The first-order valence-electron chi connectivity index (χ1n) is 8.62. The number of hydrogen-bond donors (Lipinski definition) is 2. The smallest absolute Gasteiger partial charge is 0.262 e. The molecule has 0 spiro atoms. The molecule has 2 heterocycles. The van der Waals surface area contributed by atoms with E-state index >= 15 is 0 Å². The lowest BCUT2D eigenvalue weighted by atomic mass is 10.1. The van der Waals surface area contributed by atoms with Gasteiger partial charge in [0.25, 0.3) is 5.91 Å². The van der Waals surface area contributed by atoms with Gasteiger partial charge in [0.15, 0.2) is 6.61 Å². The molecular weight excluding hydrogens is 328 g/mol. The van der Waals surface area contributed by atoms with Crippen molar-refractivity contribution in [2.24, 2.45) is 0 Å². The number of rotatable bonds is 5. The Bertz CT molecular complexity index is 918. The first-order chi connectivity index (χ1) is 12.7. The Labute approximate surface area is 152 Å². The molecule has 4 rings (SSSR count). The van der Waals surface area contributed by atoms with Gasteiger partial charge in [-0.15, -0.1) is 0 Å². The zero-order valence-electron chi connectivity index (χ0n) is 14.5. The van der Waals surface area contributed by atoms with Crippen LogP contribution in [0.2, 0.25) is 0 Å². The summed E-state index contributed by atoms with van der Waals surface area (Å²) >= 11 is 0. The summed E-state index contributed by atoms with van der Waals surface area (Å²) in [6.07, 6.45) is 1.78. The van der Waals surface area contributed by atoms with Crippen LogP contribution in [0.15, 0.2) is 65.3 Å². The normalized spacial score (nSPS) is 14.3. The molecule has 1 unspecified atom stereocenters. The lowest BCUT2D eigenvalue weighted by molar-refractivity contribution is -0.118. The summed E-state index contributed by atoms with van der Waals surface area (Å²) < 4.78 is 11.1. The number of carbonyl (C=O) groups is 1. The number of amides is 1. The van der Waals surface area contributed by atoms with Gasteiger partial charge in [0.05, 0.1) is 18.5 Å². The molecule has 2 aromatic carbocycles. The van der Waals surface area contributed by atoms with Gasteiger partial charge in [-0.05, 0) is 36.2 Å². The van der Waals surface area contributed by atoms with E-state index in [1.807, 2.05) is 36.4 Å². The molecule has 0 bridgehead atoms. The number of carbonyl (C=O) groups excluding carboxylic acids is 1. The second-order valence-corrected chi connectivity index (χ2v) is 6.36. The van der Waals surface area contributed by atoms with Crippen LogP contribution in [0.1, 0.15) is 24.3 Å². The van der Waals surface area contributed by atoms with Crippen molar-refractivity contribution in [3.05, 3.63) is 72.2 Å². The average Bonchev–Trinajstić information content (AvgIpc) is 3.15. The van der Waals surface area contributed by atoms with Crippen LogP contribution in [0.25, 0.3) is 11.1 Å². The maximum absolute atomic E-state index is 11.5. The molecular formula is C21H20N2O3. The van der Waals surface area contributed by atoms with Gasteiger partial charge in [-0.25, -0.2) is 0 Å². The number of ether oxygens (including phenoxy) is 1. The van der Waals surface area contributed by atoms with Crippen molar-refractivity contribution in [2.75, 3.05) is 11.9 Å². The van der Waals surface area contributed by atoms with Crippen LogP contribution < -0.4 is 15.4 Å². The maximum atomic E-state index is 11.5. The van der Waals surface area contributed by atoms with E-state index in [0.29, 0.717) is 12.3 Å². The Hall–Kier alpha value is -3.05. The topological polar surface area (TPSA) is 63.5 Å². The summed E-state index contributed by atoms with van der Waals surface area (Å²) in [4.78, 5) is 11.5. The van der Waals surface area contributed by atoms with Gasteiger partial charge in [-0.1, -0.05) is 36.4 Å². The van der Waals surface area contributed by atoms with Crippen LogP contribution in [-0.4, -0.2) is 12.5 Å². The highest BCUT2D eigenvalue weighted by atomic mass is 16.5. The van der Waals surface area contributed by atoms with Crippen LogP contribution in [0.4, 0.5) is 5.69 Å². The summed E-state index contributed by atoms with van der Waals surface area (Å²) in [7, 11) is 0. The number of hydrogen-bond acceptors (Lipinski definition) is 4. The molecule has 0 radical (unpaired) electrons. The van der Waals surface area contributed by atoms with Crippen molar-refractivity contribution in [3.8, 4) is 16.9 Å². The molecule has 1 atom stereocenters. The number of fused-ring (bicyclic) bond motifs is 1. The van der Waals surface area contributed by atoms with E-state index in [1.54, 1.807) is 6.26 Å². The first kappa shape index (κ1) is 16.4. The third kappa shape index (κ3) is 3.48. The quantitative estimate of drug-likeness (QED) is 0.728. The standard InChI is InChI=1S/C21H20N2O3/c1-14(16-7-8-20-19(10-16)23-21(24)13-26-20)22-11-18-9-17(12-25-18)15-5-3-2-4-6-15/h2-10,12,14,22H,11,13H2,1H3,(H,23,24). The maximum Gasteiger partial charge on any atom is 0.262 e. The Morgan fingerprint density at radius 3 is 2.81 bits per heavy atom. The fraction of sp³-hybridized carbons (Fsp3) is 0.190. The lowest BCUT2D eigenvalue weighted by Crippen LogP contribution is -2.26. The lowest BCUT2D eigenvalue weighted by Gasteiger charge is -2.20. The molecule has 3 aromatic rings. The minimum absolute atomic E-state index is 0.0718. The van der Waals surface area contributed by atoms with Crippen LogP contribution >= 0.6 is 0 Å². The molecule has 2 N–H and O–H groups in total. The predicted octanol–water partition coefficient (Wildman–Crippen LogP) is 4.13. The van der Waals surface area contributed by atoms with Crippen molar-refractivity contribution >= 4 is 11.6 Å². The van der Waals surface area contributed by atoms with Crippen molar-refractivity contribution in [1.82, 2.24) is 5.32 Å². The Morgan fingerprint density at radius 2 is 1.96 bits per heavy atom.